The van der Waals surface area contributed by atoms with Crippen LogP contribution in [0.4, 0.5) is 0 Å². The highest BCUT2D eigenvalue weighted by Gasteiger charge is 2.21. The molecule has 2 aromatic rings. The second-order valence-corrected chi connectivity index (χ2v) is 3.99. The average molecular weight is 255 g/mol. The van der Waals surface area contributed by atoms with Crippen LogP contribution in [0.3, 0.4) is 0 Å². The fourth-order valence-corrected chi connectivity index (χ4v) is 1.71. The molecule has 0 fully saturated rings. The summed E-state index contributed by atoms with van der Waals surface area (Å²) >= 11 is 5.87. The fraction of sp³-hybridized carbons (Fsp3) is 0.250. The zero-order valence-electron chi connectivity index (χ0n) is 9.20. The summed E-state index contributed by atoms with van der Waals surface area (Å²) in [7, 11) is 0. The molecule has 90 valence electrons. The molecule has 0 unspecified atom stereocenters. The summed E-state index contributed by atoms with van der Waals surface area (Å²) in [5.41, 5.74) is 0.456. The number of halogens is 1. The highest BCUT2D eigenvalue weighted by Crippen LogP contribution is 2.34. The summed E-state index contributed by atoms with van der Waals surface area (Å²) < 4.78 is 10.7. The number of aromatic carboxylic acids is 1. The molecule has 4 nitrogen and oxygen atoms in total. The number of hydrogen-bond donors (Lipinski definition) is 1. The van der Waals surface area contributed by atoms with Crippen LogP contribution in [-0.2, 0) is 0 Å². The summed E-state index contributed by atoms with van der Waals surface area (Å²) in [6.07, 6.45) is 0.784. The van der Waals surface area contributed by atoms with Crippen LogP contribution in [0.25, 0.3) is 11.0 Å². The molecule has 0 aliphatic heterocycles. The summed E-state index contributed by atoms with van der Waals surface area (Å²) in [6, 6.07) is 4.91. The number of carboxylic acids is 1. The highest BCUT2D eigenvalue weighted by molar-refractivity contribution is 6.31. The molecule has 1 aromatic heterocycles. The second-order valence-electron chi connectivity index (χ2n) is 3.55. The Morgan fingerprint density at radius 3 is 2.94 bits per heavy atom. The first-order valence-electron chi connectivity index (χ1n) is 5.21. The van der Waals surface area contributed by atoms with Gasteiger partial charge in [-0.25, -0.2) is 4.79 Å². The molecule has 0 aliphatic carbocycles. The van der Waals surface area contributed by atoms with E-state index in [1.54, 1.807) is 18.2 Å². The molecule has 1 heterocycles. The van der Waals surface area contributed by atoms with Crippen LogP contribution >= 0.6 is 11.6 Å². The molecule has 0 radical (unpaired) electrons. The van der Waals surface area contributed by atoms with E-state index in [4.69, 9.17) is 25.9 Å². The van der Waals surface area contributed by atoms with E-state index in [0.717, 1.165) is 6.42 Å². The van der Waals surface area contributed by atoms with Crippen LogP contribution < -0.4 is 4.74 Å². The highest BCUT2D eigenvalue weighted by atomic mass is 35.5. The van der Waals surface area contributed by atoms with Gasteiger partial charge in [0.25, 0.3) is 5.76 Å². The molecular weight excluding hydrogens is 244 g/mol. The van der Waals surface area contributed by atoms with Crippen LogP contribution in [0.1, 0.15) is 23.9 Å². The van der Waals surface area contributed by atoms with Gasteiger partial charge in [-0.3, -0.25) is 0 Å². The van der Waals surface area contributed by atoms with E-state index in [1.807, 2.05) is 6.92 Å². The largest absolute Gasteiger partial charge is 0.489 e. The lowest BCUT2D eigenvalue weighted by Gasteiger charge is -2.02. The van der Waals surface area contributed by atoms with Crippen LogP contribution in [-0.4, -0.2) is 17.7 Å². The molecule has 0 aliphatic rings. The van der Waals surface area contributed by atoms with Crippen molar-refractivity contribution < 1.29 is 19.1 Å². The maximum atomic E-state index is 11.0. The van der Waals surface area contributed by atoms with Gasteiger partial charge < -0.3 is 14.3 Å². The zero-order chi connectivity index (χ0) is 12.4. The van der Waals surface area contributed by atoms with E-state index in [-0.39, 0.29) is 11.5 Å². The molecule has 1 aromatic carbocycles. The third kappa shape index (κ3) is 2.22. The summed E-state index contributed by atoms with van der Waals surface area (Å²) in [6.45, 7) is 2.37. The molecule has 0 amide bonds. The quantitative estimate of drug-likeness (QED) is 0.906. The Hall–Kier alpha value is -1.68. The minimum absolute atomic E-state index is 0.185. The zero-order valence-corrected chi connectivity index (χ0v) is 9.95. The smallest absolute Gasteiger partial charge is 0.375 e. The monoisotopic (exact) mass is 254 g/mol. The maximum Gasteiger partial charge on any atom is 0.375 e. The van der Waals surface area contributed by atoms with E-state index < -0.39 is 5.97 Å². The number of ether oxygens (including phenoxy) is 1. The van der Waals surface area contributed by atoms with Gasteiger partial charge in [-0.2, -0.15) is 0 Å². The molecule has 17 heavy (non-hydrogen) atoms. The van der Waals surface area contributed by atoms with Crippen molar-refractivity contribution in [2.45, 2.75) is 13.3 Å². The van der Waals surface area contributed by atoms with Gasteiger partial charge in [0.15, 0.2) is 5.75 Å². The van der Waals surface area contributed by atoms with Crippen molar-refractivity contribution >= 4 is 28.5 Å². The SMILES string of the molecule is CCCOc1c(C(=O)O)oc2ccc(Cl)cc12. The third-order valence-electron chi connectivity index (χ3n) is 2.25. The Labute approximate surface area is 103 Å². The van der Waals surface area contributed by atoms with Crippen molar-refractivity contribution in [2.75, 3.05) is 6.61 Å². The predicted octanol–water partition coefficient (Wildman–Crippen LogP) is 3.57. The standard InChI is InChI=1S/C12H11ClO4/c1-2-5-16-10-8-6-7(13)3-4-9(8)17-11(10)12(14)15/h3-4,6H,2,5H2,1H3,(H,14,15). The van der Waals surface area contributed by atoms with E-state index >= 15 is 0 Å². The second kappa shape index (κ2) is 4.67. The van der Waals surface area contributed by atoms with Gasteiger partial charge in [-0.05, 0) is 24.6 Å². The molecule has 0 bridgehead atoms. The van der Waals surface area contributed by atoms with Gasteiger partial charge >= 0.3 is 5.97 Å². The Morgan fingerprint density at radius 1 is 1.53 bits per heavy atom. The van der Waals surface area contributed by atoms with E-state index in [9.17, 15) is 4.79 Å². The van der Waals surface area contributed by atoms with Gasteiger partial charge in [-0.1, -0.05) is 18.5 Å². The minimum atomic E-state index is -1.15. The fourth-order valence-electron chi connectivity index (χ4n) is 1.54. The number of carbonyl (C=O) groups is 1. The predicted molar refractivity (Wildman–Crippen MR) is 64.0 cm³/mol. The van der Waals surface area contributed by atoms with Crippen molar-refractivity contribution in [3.05, 3.63) is 29.0 Å². The minimum Gasteiger partial charge on any atom is -0.489 e. The first-order valence-corrected chi connectivity index (χ1v) is 5.59. The van der Waals surface area contributed by atoms with Crippen LogP contribution in [0.15, 0.2) is 22.6 Å². The summed E-state index contributed by atoms with van der Waals surface area (Å²) in [5.74, 6) is -1.09. The van der Waals surface area contributed by atoms with E-state index in [2.05, 4.69) is 0 Å². The molecule has 0 spiro atoms. The molecule has 0 saturated carbocycles. The van der Waals surface area contributed by atoms with Gasteiger partial charge in [0.05, 0.1) is 12.0 Å². The molecule has 0 atom stereocenters. The number of furan rings is 1. The third-order valence-corrected chi connectivity index (χ3v) is 2.48. The van der Waals surface area contributed by atoms with Crippen molar-refractivity contribution in [1.82, 2.24) is 0 Å². The number of fused-ring (bicyclic) bond motifs is 1. The number of rotatable bonds is 4. The van der Waals surface area contributed by atoms with Crippen molar-refractivity contribution in [2.24, 2.45) is 0 Å². The Balaban J connectivity index is 2.60. The molecule has 1 N–H and O–H groups in total. The van der Waals surface area contributed by atoms with Crippen LogP contribution in [0.2, 0.25) is 5.02 Å². The number of hydrogen-bond acceptors (Lipinski definition) is 3. The lowest BCUT2D eigenvalue weighted by Crippen LogP contribution is -2.01. The van der Waals surface area contributed by atoms with Gasteiger partial charge in [0, 0.05) is 5.02 Å². The van der Waals surface area contributed by atoms with Crippen molar-refractivity contribution in [3.8, 4) is 5.75 Å². The number of benzene rings is 1. The first-order chi connectivity index (χ1) is 8.13. The number of carboxylic acid groups (broad SMARTS) is 1. The Morgan fingerprint density at radius 2 is 2.29 bits per heavy atom. The molecule has 5 heteroatoms. The average Bonchev–Trinajstić information content (AvgIpc) is 2.64. The van der Waals surface area contributed by atoms with Crippen LogP contribution in [0.5, 0.6) is 5.75 Å². The first kappa shape index (κ1) is 11.8. The van der Waals surface area contributed by atoms with Crippen molar-refractivity contribution in [3.63, 3.8) is 0 Å². The lowest BCUT2D eigenvalue weighted by atomic mass is 10.2. The molecule has 2 rings (SSSR count). The van der Waals surface area contributed by atoms with Crippen molar-refractivity contribution in [1.29, 1.82) is 0 Å². The van der Waals surface area contributed by atoms with Crippen LogP contribution in [0, 0.1) is 0 Å². The summed E-state index contributed by atoms with van der Waals surface area (Å²) in [4.78, 5) is 11.0. The van der Waals surface area contributed by atoms with Gasteiger partial charge in [0.1, 0.15) is 5.58 Å². The lowest BCUT2D eigenvalue weighted by molar-refractivity contribution is 0.0658. The topological polar surface area (TPSA) is 59.7 Å². The van der Waals surface area contributed by atoms with Gasteiger partial charge in [0.2, 0.25) is 0 Å². The van der Waals surface area contributed by atoms with Gasteiger partial charge in [-0.15, -0.1) is 0 Å². The van der Waals surface area contributed by atoms with E-state index in [1.165, 1.54) is 0 Å². The maximum absolute atomic E-state index is 11.0. The molecule has 0 saturated heterocycles. The summed E-state index contributed by atoms with van der Waals surface area (Å²) in [5, 5.41) is 10.1. The normalized spacial score (nSPS) is 10.7. The Bertz CT molecular complexity index is 559. The molecular formula is C12H11ClO4. The van der Waals surface area contributed by atoms with E-state index in [0.29, 0.717) is 22.6 Å². The Kier molecular flexibility index (Phi) is 3.24.